The molecule has 0 saturated carbocycles. The smallest absolute Gasteiger partial charge is 0.255 e. The fraction of sp³-hybridized carbons (Fsp3) is 0.391. The monoisotopic (exact) mass is 408 g/mol. The third-order valence-corrected chi connectivity index (χ3v) is 5.25. The number of piperidine rings is 1. The first kappa shape index (κ1) is 21.5. The molecule has 1 aliphatic heterocycles. The second kappa shape index (κ2) is 10.0. The molecule has 3 rings (SSSR count). The molecule has 1 aliphatic rings. The molecule has 0 bridgehead atoms. The topological polar surface area (TPSA) is 91.4 Å². The first-order valence-electron chi connectivity index (χ1n) is 10.2. The van der Waals surface area contributed by atoms with Crippen molar-refractivity contribution in [3.05, 3.63) is 65.5 Å². The lowest BCUT2D eigenvalue weighted by molar-refractivity contribution is -0.128. The number of pyridine rings is 1. The molecule has 1 saturated heterocycles. The number of aryl methyl sites for hydroxylation is 1. The lowest BCUT2D eigenvalue weighted by Crippen LogP contribution is -2.53. The number of rotatable bonds is 6. The molecular weight excluding hydrogens is 380 g/mol. The van der Waals surface area contributed by atoms with Gasteiger partial charge in [-0.3, -0.25) is 19.4 Å². The van der Waals surface area contributed by atoms with E-state index in [0.29, 0.717) is 37.9 Å². The largest absolute Gasteiger partial charge is 0.351 e. The van der Waals surface area contributed by atoms with Crippen molar-refractivity contribution in [2.24, 2.45) is 0 Å². The highest BCUT2D eigenvalue weighted by atomic mass is 16.2. The number of hydrogen-bond donors (Lipinski definition) is 2. The van der Waals surface area contributed by atoms with E-state index in [1.165, 1.54) is 6.92 Å². The van der Waals surface area contributed by atoms with E-state index in [0.717, 1.165) is 11.1 Å². The molecule has 0 spiro atoms. The summed E-state index contributed by atoms with van der Waals surface area (Å²) in [4.78, 5) is 42.8. The Morgan fingerprint density at radius 2 is 1.93 bits per heavy atom. The van der Waals surface area contributed by atoms with Crippen LogP contribution in [0.15, 0.2) is 48.8 Å². The number of carbonyl (C=O) groups is 3. The Morgan fingerprint density at radius 3 is 2.57 bits per heavy atom. The molecule has 7 nitrogen and oxygen atoms in total. The lowest BCUT2D eigenvalue weighted by Gasteiger charge is -2.33. The third kappa shape index (κ3) is 5.89. The quantitative estimate of drug-likeness (QED) is 0.763. The summed E-state index contributed by atoms with van der Waals surface area (Å²) in [5.74, 6) is -0.466. The Bertz CT molecular complexity index is 892. The predicted octanol–water partition coefficient (Wildman–Crippen LogP) is 1.86. The molecule has 1 atom stereocenters. The molecule has 2 N–H and O–H groups in total. The van der Waals surface area contributed by atoms with Crippen LogP contribution in [0.25, 0.3) is 0 Å². The highest BCUT2D eigenvalue weighted by molar-refractivity contribution is 5.94. The van der Waals surface area contributed by atoms with E-state index in [4.69, 9.17) is 0 Å². The molecule has 2 heterocycles. The van der Waals surface area contributed by atoms with Gasteiger partial charge in [0.15, 0.2) is 0 Å². The van der Waals surface area contributed by atoms with Crippen molar-refractivity contribution in [2.75, 3.05) is 13.1 Å². The van der Waals surface area contributed by atoms with Crippen LogP contribution in [0.3, 0.4) is 0 Å². The Balaban J connectivity index is 1.56. The summed E-state index contributed by atoms with van der Waals surface area (Å²) >= 11 is 0. The molecule has 2 aromatic rings. The van der Waals surface area contributed by atoms with Crippen LogP contribution in [-0.4, -0.2) is 52.8 Å². The summed E-state index contributed by atoms with van der Waals surface area (Å²) in [5.41, 5.74) is 2.68. The van der Waals surface area contributed by atoms with Crippen LogP contribution in [0, 0.1) is 6.92 Å². The maximum Gasteiger partial charge on any atom is 0.255 e. The minimum Gasteiger partial charge on any atom is -0.351 e. The Labute approximate surface area is 176 Å². The summed E-state index contributed by atoms with van der Waals surface area (Å²) in [5, 5.41) is 5.82. The fourth-order valence-corrected chi connectivity index (χ4v) is 3.73. The Kier molecular flexibility index (Phi) is 7.17. The number of carbonyl (C=O) groups excluding carboxylic acids is 3. The van der Waals surface area contributed by atoms with E-state index in [1.54, 1.807) is 29.4 Å². The highest BCUT2D eigenvalue weighted by Crippen LogP contribution is 2.14. The summed E-state index contributed by atoms with van der Waals surface area (Å²) in [6.45, 7) is 4.55. The lowest BCUT2D eigenvalue weighted by atomic mass is 10.0. The third-order valence-electron chi connectivity index (χ3n) is 5.25. The molecule has 0 radical (unpaired) electrons. The first-order chi connectivity index (χ1) is 14.4. The van der Waals surface area contributed by atoms with Crippen LogP contribution in [0.1, 0.15) is 41.3 Å². The van der Waals surface area contributed by atoms with E-state index < -0.39 is 6.04 Å². The van der Waals surface area contributed by atoms with E-state index >= 15 is 0 Å². The van der Waals surface area contributed by atoms with Gasteiger partial charge < -0.3 is 15.5 Å². The minimum atomic E-state index is -0.626. The summed E-state index contributed by atoms with van der Waals surface area (Å²) < 4.78 is 0. The molecule has 3 amide bonds. The number of aromatic nitrogens is 1. The van der Waals surface area contributed by atoms with Crippen LogP contribution in [0.5, 0.6) is 0 Å². The number of amides is 3. The summed E-state index contributed by atoms with van der Waals surface area (Å²) in [7, 11) is 0. The van der Waals surface area contributed by atoms with Gasteiger partial charge in [-0.05, 0) is 37.5 Å². The maximum atomic E-state index is 12.9. The van der Waals surface area contributed by atoms with Gasteiger partial charge in [0.25, 0.3) is 5.91 Å². The van der Waals surface area contributed by atoms with Gasteiger partial charge in [0.1, 0.15) is 6.04 Å². The first-order valence-corrected chi connectivity index (χ1v) is 10.2. The fourth-order valence-electron chi connectivity index (χ4n) is 3.73. The molecule has 30 heavy (non-hydrogen) atoms. The van der Waals surface area contributed by atoms with Crippen molar-refractivity contribution >= 4 is 17.7 Å². The van der Waals surface area contributed by atoms with Crippen molar-refractivity contribution < 1.29 is 14.4 Å². The zero-order valence-corrected chi connectivity index (χ0v) is 17.4. The van der Waals surface area contributed by atoms with Gasteiger partial charge in [0.05, 0.1) is 5.56 Å². The Hall–Kier alpha value is -3.22. The molecule has 158 valence electrons. The van der Waals surface area contributed by atoms with Gasteiger partial charge in [0.2, 0.25) is 11.8 Å². The number of nitrogens with zero attached hydrogens (tertiary/aromatic N) is 2. The van der Waals surface area contributed by atoms with Crippen LogP contribution in [0.4, 0.5) is 0 Å². The molecule has 1 unspecified atom stereocenters. The highest BCUT2D eigenvalue weighted by Gasteiger charge is 2.27. The number of nitrogens with one attached hydrogen (secondary N) is 2. The maximum absolute atomic E-state index is 12.9. The minimum absolute atomic E-state index is 0.0239. The summed E-state index contributed by atoms with van der Waals surface area (Å²) in [6.07, 6.45) is 5.00. The predicted molar refractivity (Wildman–Crippen MR) is 114 cm³/mol. The van der Waals surface area contributed by atoms with Crippen molar-refractivity contribution in [1.29, 1.82) is 0 Å². The zero-order valence-electron chi connectivity index (χ0n) is 17.4. The molecule has 1 aromatic heterocycles. The average molecular weight is 409 g/mol. The average Bonchev–Trinajstić information content (AvgIpc) is 2.73. The van der Waals surface area contributed by atoms with E-state index in [-0.39, 0.29) is 23.8 Å². The molecule has 1 aromatic carbocycles. The zero-order chi connectivity index (χ0) is 21.5. The van der Waals surface area contributed by atoms with Crippen LogP contribution in [0.2, 0.25) is 0 Å². The van der Waals surface area contributed by atoms with Gasteiger partial charge in [-0.2, -0.15) is 0 Å². The van der Waals surface area contributed by atoms with Gasteiger partial charge in [-0.15, -0.1) is 0 Å². The van der Waals surface area contributed by atoms with E-state index in [1.807, 2.05) is 31.2 Å². The standard InChI is InChI=1S/C23H28N4O3/c1-16-5-3-6-18(13-16)14-21(25-17(2)28)22(29)26-20-8-11-27(12-9-20)23(30)19-7-4-10-24-15-19/h3-7,10,13,15,20-21H,8-9,11-12,14H2,1-2H3,(H,25,28)(H,26,29). The molecule has 1 fully saturated rings. The number of likely N-dealkylation sites (tertiary alicyclic amines) is 1. The second-order valence-corrected chi connectivity index (χ2v) is 7.76. The van der Waals surface area contributed by atoms with Crippen molar-refractivity contribution in [2.45, 2.75) is 45.2 Å². The molecular formula is C23H28N4O3. The van der Waals surface area contributed by atoms with E-state index in [2.05, 4.69) is 15.6 Å². The van der Waals surface area contributed by atoms with Gasteiger partial charge >= 0.3 is 0 Å². The van der Waals surface area contributed by atoms with Crippen molar-refractivity contribution in [3.63, 3.8) is 0 Å². The van der Waals surface area contributed by atoms with E-state index in [9.17, 15) is 14.4 Å². The number of hydrogen-bond acceptors (Lipinski definition) is 4. The SMILES string of the molecule is CC(=O)NC(Cc1cccc(C)c1)C(=O)NC1CCN(C(=O)c2cccnc2)CC1. The molecule has 7 heteroatoms. The summed E-state index contributed by atoms with van der Waals surface area (Å²) in [6, 6.07) is 10.8. The van der Waals surface area contributed by atoms with Crippen molar-refractivity contribution in [3.8, 4) is 0 Å². The van der Waals surface area contributed by atoms with Crippen LogP contribution in [-0.2, 0) is 16.0 Å². The van der Waals surface area contributed by atoms with Gasteiger partial charge in [-0.25, -0.2) is 0 Å². The van der Waals surface area contributed by atoms with Gasteiger partial charge in [-0.1, -0.05) is 29.8 Å². The Morgan fingerprint density at radius 1 is 1.17 bits per heavy atom. The van der Waals surface area contributed by atoms with Crippen molar-refractivity contribution in [1.82, 2.24) is 20.5 Å². The number of benzene rings is 1. The molecule has 0 aliphatic carbocycles. The van der Waals surface area contributed by atoms with Gasteiger partial charge in [0, 0.05) is 44.9 Å². The normalized spacial score (nSPS) is 15.3. The second-order valence-electron chi connectivity index (χ2n) is 7.76. The van der Waals surface area contributed by atoms with Crippen LogP contribution < -0.4 is 10.6 Å². The van der Waals surface area contributed by atoms with Crippen LogP contribution >= 0.6 is 0 Å².